The summed E-state index contributed by atoms with van der Waals surface area (Å²) < 4.78 is 2.38. The number of hydrogen-bond acceptors (Lipinski definition) is 1. The number of anilines is 3. The molecule has 1 spiro atoms. The number of benzene rings is 9. The van der Waals surface area contributed by atoms with Crippen LogP contribution in [0.25, 0.3) is 66.4 Å². The Kier molecular flexibility index (Phi) is 8.21. The van der Waals surface area contributed by atoms with E-state index in [-0.39, 0.29) is 5.41 Å². The van der Waals surface area contributed by atoms with E-state index < -0.39 is 5.41 Å². The van der Waals surface area contributed by atoms with Gasteiger partial charge in [0.2, 0.25) is 0 Å². The molecule has 2 heteroatoms. The number of aromatic nitrogens is 1. The van der Waals surface area contributed by atoms with E-state index in [2.05, 4.69) is 243 Å². The molecule has 13 rings (SSSR count). The predicted octanol–water partition coefficient (Wildman–Crippen LogP) is 16.7. The second-order valence-electron chi connectivity index (χ2n) is 18.5. The number of rotatable bonds is 7. The first kappa shape index (κ1) is 38.3. The summed E-state index contributed by atoms with van der Waals surface area (Å²) in [4.78, 5) is 2.49. The molecule has 0 bridgehead atoms. The van der Waals surface area contributed by atoms with E-state index in [0.717, 1.165) is 28.3 Å². The standard InChI is InChI=1S/C64H46N2/c1-5-46-49-39-38-45(40-58(49)63(3,4)53(46)6-2)65(43-34-30-41(31-35-43)42-32-36-44(37-33-42)66-59-27-15-10-20-50(59)51-21-11-16-28-60(51)66)61-29-17-26-57-62(61)52-22-9-14-25-56(52)64(57)54-23-12-7-18-47(54)48-19-8-13-24-55(48)64/h5-40H,1-2H2,3-4H3. The molecule has 1 heterocycles. The van der Waals surface area contributed by atoms with Gasteiger partial charge in [-0.25, -0.2) is 0 Å². The number of nitrogens with zero attached hydrogens (tertiary/aromatic N) is 2. The number of para-hydroxylation sites is 2. The molecule has 3 aliphatic carbocycles. The van der Waals surface area contributed by atoms with Crippen LogP contribution in [-0.2, 0) is 10.8 Å². The van der Waals surface area contributed by atoms with Gasteiger partial charge in [-0.2, -0.15) is 0 Å². The third kappa shape index (κ3) is 5.07. The fraction of sp³-hybridized carbons (Fsp3) is 0.0625. The summed E-state index contributed by atoms with van der Waals surface area (Å²) in [7, 11) is 0. The van der Waals surface area contributed by atoms with Crippen molar-refractivity contribution in [3.05, 3.63) is 271 Å². The van der Waals surface area contributed by atoms with Crippen molar-refractivity contribution < 1.29 is 0 Å². The molecule has 66 heavy (non-hydrogen) atoms. The Bertz CT molecular complexity index is 3610. The lowest BCUT2D eigenvalue weighted by molar-refractivity contribution is 0.654. The van der Waals surface area contributed by atoms with Crippen LogP contribution in [-0.4, -0.2) is 4.57 Å². The van der Waals surface area contributed by atoms with Crippen molar-refractivity contribution in [1.82, 2.24) is 4.57 Å². The van der Waals surface area contributed by atoms with Crippen molar-refractivity contribution in [2.24, 2.45) is 0 Å². The lowest BCUT2D eigenvalue weighted by Crippen LogP contribution is -2.26. The maximum absolute atomic E-state index is 4.26. The molecule has 312 valence electrons. The molecule has 0 radical (unpaired) electrons. The van der Waals surface area contributed by atoms with E-state index in [1.165, 1.54) is 94.1 Å². The first-order valence-corrected chi connectivity index (χ1v) is 23.0. The molecule has 0 N–H and O–H groups in total. The zero-order chi connectivity index (χ0) is 44.3. The zero-order valence-electron chi connectivity index (χ0n) is 37.1. The van der Waals surface area contributed by atoms with Crippen LogP contribution in [0.2, 0.25) is 0 Å². The normalized spacial score (nSPS) is 14.5. The van der Waals surface area contributed by atoms with E-state index in [1.54, 1.807) is 0 Å². The van der Waals surface area contributed by atoms with Gasteiger partial charge < -0.3 is 9.47 Å². The van der Waals surface area contributed by atoms with Gasteiger partial charge in [-0.1, -0.05) is 191 Å². The average molecular weight is 843 g/mol. The molecule has 0 fully saturated rings. The summed E-state index contributed by atoms with van der Waals surface area (Å²) in [5.74, 6) is 0. The highest BCUT2D eigenvalue weighted by molar-refractivity contribution is 6.09. The number of fused-ring (bicyclic) bond motifs is 14. The average Bonchev–Trinajstić information content (AvgIpc) is 4.04. The molecule has 10 aromatic rings. The molecule has 0 unspecified atom stereocenters. The minimum absolute atomic E-state index is 0.246. The first-order chi connectivity index (χ1) is 32.4. The van der Waals surface area contributed by atoms with Crippen molar-refractivity contribution in [1.29, 1.82) is 0 Å². The minimum atomic E-state index is -0.447. The Labute approximate surface area is 386 Å². The molecule has 0 saturated carbocycles. The molecule has 9 aromatic carbocycles. The maximum Gasteiger partial charge on any atom is 0.0726 e. The van der Waals surface area contributed by atoms with Gasteiger partial charge in [-0.15, -0.1) is 0 Å². The molecular formula is C64H46N2. The Morgan fingerprint density at radius 2 is 0.955 bits per heavy atom. The van der Waals surface area contributed by atoms with E-state index >= 15 is 0 Å². The van der Waals surface area contributed by atoms with Crippen LogP contribution in [0.1, 0.15) is 47.2 Å². The third-order valence-electron chi connectivity index (χ3n) is 15.0. The van der Waals surface area contributed by atoms with Crippen LogP contribution in [0.15, 0.2) is 237 Å². The quantitative estimate of drug-likeness (QED) is 0.155. The molecule has 0 aliphatic heterocycles. The van der Waals surface area contributed by atoms with E-state index in [0.29, 0.717) is 0 Å². The fourth-order valence-corrected chi connectivity index (χ4v) is 12.2. The zero-order valence-corrected chi connectivity index (χ0v) is 37.1. The Balaban J connectivity index is 0.984. The molecule has 0 amide bonds. The summed E-state index contributed by atoms with van der Waals surface area (Å²) in [6, 6.07) is 76.7. The van der Waals surface area contributed by atoms with Crippen LogP contribution in [0.4, 0.5) is 17.1 Å². The van der Waals surface area contributed by atoms with Gasteiger partial charge in [-0.3, -0.25) is 0 Å². The van der Waals surface area contributed by atoms with Crippen molar-refractivity contribution in [2.75, 3.05) is 4.90 Å². The Hall–Kier alpha value is -8.20. The summed E-state index contributed by atoms with van der Waals surface area (Å²) in [6.45, 7) is 13.1. The van der Waals surface area contributed by atoms with Crippen LogP contribution < -0.4 is 4.90 Å². The molecular weight excluding hydrogens is 797 g/mol. The minimum Gasteiger partial charge on any atom is -0.310 e. The monoisotopic (exact) mass is 842 g/mol. The van der Waals surface area contributed by atoms with E-state index in [1.807, 2.05) is 12.2 Å². The van der Waals surface area contributed by atoms with Crippen LogP contribution in [0.5, 0.6) is 0 Å². The van der Waals surface area contributed by atoms with Gasteiger partial charge in [-0.05, 0) is 127 Å². The van der Waals surface area contributed by atoms with Crippen molar-refractivity contribution in [3.63, 3.8) is 0 Å². The molecule has 2 nitrogen and oxygen atoms in total. The van der Waals surface area contributed by atoms with E-state index in [9.17, 15) is 0 Å². The Morgan fingerprint density at radius 3 is 1.56 bits per heavy atom. The summed E-state index contributed by atoms with van der Waals surface area (Å²) in [5, 5.41) is 2.53. The molecule has 0 saturated heterocycles. The van der Waals surface area contributed by atoms with E-state index in [4.69, 9.17) is 0 Å². The first-order valence-electron chi connectivity index (χ1n) is 23.0. The summed E-state index contributed by atoms with van der Waals surface area (Å²) in [5.41, 5.74) is 23.9. The fourth-order valence-electron chi connectivity index (χ4n) is 12.2. The smallest absolute Gasteiger partial charge is 0.0726 e. The maximum atomic E-state index is 4.26. The second kappa shape index (κ2) is 14.1. The highest BCUT2D eigenvalue weighted by atomic mass is 15.1. The van der Waals surface area contributed by atoms with Gasteiger partial charge in [0.05, 0.1) is 22.1 Å². The lowest BCUT2D eigenvalue weighted by atomic mass is 9.70. The SMILES string of the molecule is C=CC1=C(C=C)C(C)(C)c2cc(N(c3ccc(-c4ccc(-n5c6ccccc6c6ccccc65)cc4)cc3)c3cccc4c3-c3ccccc3C43c4ccccc4-c4ccccc43)ccc21. The van der Waals surface area contributed by atoms with Crippen LogP contribution in [0.3, 0.4) is 0 Å². The van der Waals surface area contributed by atoms with Crippen molar-refractivity contribution >= 4 is 44.4 Å². The highest BCUT2D eigenvalue weighted by Crippen LogP contribution is 2.65. The molecule has 0 atom stereocenters. The predicted molar refractivity (Wildman–Crippen MR) is 278 cm³/mol. The number of hydrogen-bond donors (Lipinski definition) is 0. The number of allylic oxidation sites excluding steroid dienone is 4. The van der Waals surface area contributed by atoms with Gasteiger partial charge in [0, 0.05) is 38.8 Å². The third-order valence-corrected chi connectivity index (χ3v) is 15.0. The van der Waals surface area contributed by atoms with Gasteiger partial charge >= 0.3 is 0 Å². The van der Waals surface area contributed by atoms with Crippen LogP contribution in [0, 0.1) is 0 Å². The summed E-state index contributed by atoms with van der Waals surface area (Å²) in [6.07, 6.45) is 4.01. The van der Waals surface area contributed by atoms with Crippen molar-refractivity contribution in [3.8, 4) is 39.1 Å². The molecule has 3 aliphatic rings. The Morgan fingerprint density at radius 1 is 0.439 bits per heavy atom. The topological polar surface area (TPSA) is 8.17 Å². The van der Waals surface area contributed by atoms with Gasteiger partial charge in [0.1, 0.15) is 0 Å². The second-order valence-corrected chi connectivity index (χ2v) is 18.5. The largest absolute Gasteiger partial charge is 0.310 e. The van der Waals surface area contributed by atoms with Crippen molar-refractivity contribution in [2.45, 2.75) is 24.7 Å². The van der Waals surface area contributed by atoms with Crippen LogP contribution >= 0.6 is 0 Å². The molecule has 1 aromatic heterocycles. The highest BCUT2D eigenvalue weighted by Gasteiger charge is 2.52. The van der Waals surface area contributed by atoms with Gasteiger partial charge in [0.25, 0.3) is 0 Å². The summed E-state index contributed by atoms with van der Waals surface area (Å²) >= 11 is 0. The van der Waals surface area contributed by atoms with Gasteiger partial charge in [0.15, 0.2) is 0 Å². The lowest BCUT2D eigenvalue weighted by Gasteiger charge is -2.32.